The molecule has 0 fully saturated rings. The van der Waals surface area contributed by atoms with Crippen LogP contribution in [-0.2, 0) is 4.74 Å². The lowest BCUT2D eigenvalue weighted by Gasteiger charge is -2.02. The fourth-order valence-corrected chi connectivity index (χ4v) is 1.66. The van der Waals surface area contributed by atoms with E-state index in [9.17, 15) is 0 Å². The zero-order valence-corrected chi connectivity index (χ0v) is 10.7. The zero-order valence-electron chi connectivity index (χ0n) is 10.7. The predicted octanol–water partition coefficient (Wildman–Crippen LogP) is 3.73. The van der Waals surface area contributed by atoms with Crippen LogP contribution in [0.5, 0.6) is 0 Å². The molecule has 0 heterocycles. The molecule has 0 saturated heterocycles. The summed E-state index contributed by atoms with van der Waals surface area (Å²) in [6.45, 7) is 6.17. The van der Waals surface area contributed by atoms with E-state index in [1.165, 1.54) is 57.8 Å². The Morgan fingerprint density at radius 3 is 1.60 bits per heavy atom. The van der Waals surface area contributed by atoms with Crippen molar-refractivity contribution < 1.29 is 10.2 Å². The Balaban J connectivity index is 0. The van der Waals surface area contributed by atoms with Gasteiger partial charge in [0.15, 0.2) is 0 Å². The number of hydrogen-bond acceptors (Lipinski definition) is 1. The zero-order chi connectivity index (χ0) is 10.5. The van der Waals surface area contributed by atoms with Crippen molar-refractivity contribution in [3.8, 4) is 0 Å². The summed E-state index contributed by atoms with van der Waals surface area (Å²) in [4.78, 5) is 0. The van der Waals surface area contributed by atoms with Crippen molar-refractivity contribution in [3.05, 3.63) is 0 Å². The highest BCUT2D eigenvalue weighted by atomic mass is 16.5. The molecule has 0 radical (unpaired) electrons. The van der Waals surface area contributed by atoms with E-state index in [2.05, 4.69) is 13.8 Å². The second-order valence-electron chi connectivity index (χ2n) is 4.03. The van der Waals surface area contributed by atoms with E-state index in [1.807, 2.05) is 0 Å². The predicted molar refractivity (Wildman–Crippen MR) is 67.3 cm³/mol. The maximum atomic E-state index is 5.29. The van der Waals surface area contributed by atoms with Crippen molar-refractivity contribution in [1.82, 2.24) is 0 Å². The van der Waals surface area contributed by atoms with Gasteiger partial charge in [0, 0.05) is 13.2 Å². The van der Waals surface area contributed by atoms with Crippen LogP contribution in [0.25, 0.3) is 0 Å². The average Bonchev–Trinajstić information content (AvgIpc) is 2.21. The van der Waals surface area contributed by atoms with Crippen LogP contribution in [0.1, 0.15) is 71.6 Å². The molecule has 0 rings (SSSR count). The molecule has 0 unspecified atom stereocenters. The van der Waals surface area contributed by atoms with Crippen LogP contribution >= 0.6 is 0 Å². The number of hydrogen-bond donors (Lipinski definition) is 0. The SMILES string of the molecule is CCCCCCCCCCCOCC.O. The van der Waals surface area contributed by atoms with Gasteiger partial charge in [0.25, 0.3) is 0 Å². The van der Waals surface area contributed by atoms with Crippen molar-refractivity contribution >= 4 is 0 Å². The first-order valence-corrected chi connectivity index (χ1v) is 6.49. The third kappa shape index (κ3) is 16.6. The summed E-state index contributed by atoms with van der Waals surface area (Å²) < 4.78 is 5.29. The molecular weight excluding hydrogens is 188 g/mol. The minimum absolute atomic E-state index is 0. The van der Waals surface area contributed by atoms with Gasteiger partial charge in [-0.2, -0.15) is 0 Å². The Morgan fingerprint density at radius 2 is 1.13 bits per heavy atom. The quantitative estimate of drug-likeness (QED) is 0.487. The average molecular weight is 218 g/mol. The molecule has 0 aliphatic carbocycles. The van der Waals surface area contributed by atoms with Gasteiger partial charge in [0.05, 0.1) is 0 Å². The van der Waals surface area contributed by atoms with Gasteiger partial charge in [-0.25, -0.2) is 0 Å². The molecule has 2 N–H and O–H groups in total. The van der Waals surface area contributed by atoms with E-state index < -0.39 is 0 Å². The Bertz CT molecular complexity index is 82.5. The van der Waals surface area contributed by atoms with Gasteiger partial charge in [-0.3, -0.25) is 0 Å². The van der Waals surface area contributed by atoms with Crippen LogP contribution in [-0.4, -0.2) is 18.7 Å². The Morgan fingerprint density at radius 1 is 0.667 bits per heavy atom. The van der Waals surface area contributed by atoms with E-state index in [0.29, 0.717) is 0 Å². The van der Waals surface area contributed by atoms with Crippen LogP contribution in [0, 0.1) is 0 Å². The molecule has 15 heavy (non-hydrogen) atoms. The smallest absolute Gasteiger partial charge is 0.0465 e. The monoisotopic (exact) mass is 218 g/mol. The highest BCUT2D eigenvalue weighted by molar-refractivity contribution is 4.46. The van der Waals surface area contributed by atoms with Crippen molar-refractivity contribution in [2.24, 2.45) is 0 Å². The van der Waals surface area contributed by atoms with Crippen LogP contribution < -0.4 is 0 Å². The Kier molecular flexibility index (Phi) is 18.9. The Hall–Kier alpha value is -0.0800. The first-order chi connectivity index (χ1) is 6.91. The summed E-state index contributed by atoms with van der Waals surface area (Å²) in [6, 6.07) is 0. The molecule has 94 valence electrons. The molecule has 2 heteroatoms. The highest BCUT2D eigenvalue weighted by Crippen LogP contribution is 2.09. The van der Waals surface area contributed by atoms with Gasteiger partial charge in [-0.05, 0) is 13.3 Å². The molecule has 0 aliphatic heterocycles. The fraction of sp³-hybridized carbons (Fsp3) is 1.00. The van der Waals surface area contributed by atoms with Gasteiger partial charge >= 0.3 is 0 Å². The van der Waals surface area contributed by atoms with Gasteiger partial charge in [0.1, 0.15) is 0 Å². The molecular formula is C13H30O2. The second kappa shape index (κ2) is 16.4. The van der Waals surface area contributed by atoms with Crippen molar-refractivity contribution in [1.29, 1.82) is 0 Å². The molecule has 0 bridgehead atoms. The van der Waals surface area contributed by atoms with Crippen LogP contribution in [0.15, 0.2) is 0 Å². The molecule has 0 spiro atoms. The van der Waals surface area contributed by atoms with Crippen LogP contribution in [0.3, 0.4) is 0 Å². The molecule has 0 aliphatic rings. The summed E-state index contributed by atoms with van der Waals surface area (Å²) in [5, 5.41) is 0. The third-order valence-electron chi connectivity index (χ3n) is 2.60. The summed E-state index contributed by atoms with van der Waals surface area (Å²) in [5.41, 5.74) is 0. The molecule has 0 aromatic heterocycles. The van der Waals surface area contributed by atoms with Crippen molar-refractivity contribution in [2.75, 3.05) is 13.2 Å². The van der Waals surface area contributed by atoms with Gasteiger partial charge in [-0.15, -0.1) is 0 Å². The van der Waals surface area contributed by atoms with Crippen molar-refractivity contribution in [3.63, 3.8) is 0 Å². The molecule has 0 aromatic carbocycles. The lowest BCUT2D eigenvalue weighted by molar-refractivity contribution is 0.143. The van der Waals surface area contributed by atoms with Crippen LogP contribution in [0.2, 0.25) is 0 Å². The largest absolute Gasteiger partial charge is 0.412 e. The van der Waals surface area contributed by atoms with E-state index in [-0.39, 0.29) is 5.48 Å². The van der Waals surface area contributed by atoms with E-state index >= 15 is 0 Å². The maximum Gasteiger partial charge on any atom is 0.0465 e. The number of unbranched alkanes of at least 4 members (excludes halogenated alkanes) is 8. The normalized spacial score (nSPS) is 10.0. The van der Waals surface area contributed by atoms with Crippen molar-refractivity contribution in [2.45, 2.75) is 71.6 Å². The third-order valence-corrected chi connectivity index (χ3v) is 2.60. The van der Waals surface area contributed by atoms with E-state index in [4.69, 9.17) is 4.74 Å². The molecule has 0 atom stereocenters. The standard InChI is InChI=1S/C13H28O.H2O/c1-3-5-6-7-8-9-10-11-12-13-14-4-2;/h3-13H2,1-2H3;1H2. The lowest BCUT2D eigenvalue weighted by Crippen LogP contribution is -1.92. The minimum atomic E-state index is 0. The number of ether oxygens (including phenoxy) is 1. The van der Waals surface area contributed by atoms with E-state index in [1.54, 1.807) is 0 Å². The van der Waals surface area contributed by atoms with Gasteiger partial charge in [0.2, 0.25) is 0 Å². The summed E-state index contributed by atoms with van der Waals surface area (Å²) in [6.07, 6.45) is 12.5. The lowest BCUT2D eigenvalue weighted by atomic mass is 10.1. The number of rotatable bonds is 11. The topological polar surface area (TPSA) is 40.7 Å². The first kappa shape index (κ1) is 17.3. The second-order valence-corrected chi connectivity index (χ2v) is 4.03. The molecule has 0 saturated carbocycles. The van der Waals surface area contributed by atoms with Crippen LogP contribution in [0.4, 0.5) is 0 Å². The molecule has 0 aromatic rings. The molecule has 0 amide bonds. The molecule has 2 nitrogen and oxygen atoms in total. The first-order valence-electron chi connectivity index (χ1n) is 6.49. The van der Waals surface area contributed by atoms with Gasteiger partial charge in [-0.1, -0.05) is 58.3 Å². The Labute approximate surface area is 95.7 Å². The summed E-state index contributed by atoms with van der Waals surface area (Å²) >= 11 is 0. The maximum absolute atomic E-state index is 5.29. The summed E-state index contributed by atoms with van der Waals surface area (Å²) in [7, 11) is 0. The summed E-state index contributed by atoms with van der Waals surface area (Å²) in [5.74, 6) is 0. The highest BCUT2D eigenvalue weighted by Gasteiger charge is 1.91. The fourth-order valence-electron chi connectivity index (χ4n) is 1.66. The van der Waals surface area contributed by atoms with E-state index in [0.717, 1.165) is 13.2 Å². The van der Waals surface area contributed by atoms with Gasteiger partial charge < -0.3 is 10.2 Å². The minimum Gasteiger partial charge on any atom is -0.412 e.